The minimum atomic E-state index is -1.81. The lowest BCUT2D eigenvalue weighted by Crippen LogP contribution is -2.61. The van der Waals surface area contributed by atoms with E-state index in [2.05, 4.69) is 4.98 Å². The van der Waals surface area contributed by atoms with Crippen molar-refractivity contribution in [1.29, 1.82) is 0 Å². The van der Waals surface area contributed by atoms with Gasteiger partial charge in [-0.2, -0.15) is 0 Å². The molecule has 3 rings (SSSR count). The molecule has 2 saturated heterocycles. The van der Waals surface area contributed by atoms with Crippen LogP contribution in [0.3, 0.4) is 0 Å². The lowest BCUT2D eigenvalue weighted by molar-refractivity contribution is -0.301. The molecule has 1 unspecified atom stereocenters. The molecule has 10 nitrogen and oxygen atoms in total. The maximum atomic E-state index is 12.4. The molecule has 0 saturated carbocycles. The maximum Gasteiger partial charge on any atom is 0.335 e. The van der Waals surface area contributed by atoms with E-state index in [4.69, 9.17) is 14.6 Å². The van der Waals surface area contributed by atoms with Crippen LogP contribution in [0.15, 0.2) is 24.5 Å². The number of aliphatic hydroxyl groups is 3. The summed E-state index contributed by atoms with van der Waals surface area (Å²) in [4.78, 5) is 29.1. The molecule has 1 aromatic heterocycles. The SMILES string of the molecule is CN1C(=O)[C@H](O[C@@H]2OC(C(=O)O)[C@@H](O)[C@H](O)[C@@H]2O)C[C@H]1c1cccnc1. The van der Waals surface area contributed by atoms with Gasteiger partial charge in [-0.15, -0.1) is 0 Å². The van der Waals surface area contributed by atoms with Crippen LogP contribution >= 0.6 is 0 Å². The number of hydrogen-bond acceptors (Lipinski definition) is 8. The van der Waals surface area contributed by atoms with E-state index in [-0.39, 0.29) is 18.4 Å². The predicted molar refractivity (Wildman–Crippen MR) is 83.6 cm³/mol. The van der Waals surface area contributed by atoms with Crippen molar-refractivity contribution in [2.45, 2.75) is 49.3 Å². The number of aliphatic hydroxyl groups excluding tert-OH is 3. The smallest absolute Gasteiger partial charge is 0.335 e. The van der Waals surface area contributed by atoms with Gasteiger partial charge in [-0.25, -0.2) is 4.79 Å². The molecule has 7 atom stereocenters. The standard InChI is InChI=1S/C16H20N2O8/c1-18-8(7-3-2-4-17-6-7)5-9(14(18)22)25-16-12(21)10(19)11(20)13(26-16)15(23)24/h2-4,6,8-13,16,19-21H,5H2,1H3,(H,23,24)/t8-,9+,10-,11-,12-,13?,16+/m0/s1. The third-order valence-corrected chi connectivity index (χ3v) is 4.71. The van der Waals surface area contributed by atoms with Crippen LogP contribution in [0.2, 0.25) is 0 Å². The van der Waals surface area contributed by atoms with Gasteiger partial charge >= 0.3 is 5.97 Å². The van der Waals surface area contributed by atoms with E-state index in [1.165, 1.54) is 4.90 Å². The van der Waals surface area contributed by atoms with Gasteiger partial charge in [-0.1, -0.05) is 6.07 Å². The first-order chi connectivity index (χ1) is 12.3. The maximum absolute atomic E-state index is 12.4. The molecule has 26 heavy (non-hydrogen) atoms. The Morgan fingerprint density at radius 3 is 2.65 bits per heavy atom. The van der Waals surface area contributed by atoms with Gasteiger partial charge < -0.3 is 34.8 Å². The zero-order valence-electron chi connectivity index (χ0n) is 13.9. The van der Waals surface area contributed by atoms with Crippen LogP contribution in [0.1, 0.15) is 18.0 Å². The van der Waals surface area contributed by atoms with Gasteiger partial charge in [-0.3, -0.25) is 9.78 Å². The lowest BCUT2D eigenvalue weighted by atomic mass is 9.99. The molecule has 0 radical (unpaired) electrons. The van der Waals surface area contributed by atoms with Crippen LogP contribution < -0.4 is 0 Å². The van der Waals surface area contributed by atoms with Gasteiger partial charge in [0.25, 0.3) is 5.91 Å². The summed E-state index contributed by atoms with van der Waals surface area (Å²) in [6.45, 7) is 0. The zero-order valence-corrected chi connectivity index (χ0v) is 13.9. The van der Waals surface area contributed by atoms with E-state index < -0.39 is 42.8 Å². The molecule has 0 aromatic carbocycles. The number of aromatic nitrogens is 1. The Hall–Kier alpha value is -2.11. The average Bonchev–Trinajstić information content (AvgIpc) is 2.91. The highest BCUT2D eigenvalue weighted by Gasteiger charge is 2.50. The molecular formula is C16H20N2O8. The Morgan fingerprint density at radius 2 is 2.04 bits per heavy atom. The number of carboxylic acids is 1. The van der Waals surface area contributed by atoms with E-state index in [1.807, 2.05) is 6.07 Å². The minimum Gasteiger partial charge on any atom is -0.479 e. The molecule has 1 amide bonds. The molecule has 0 bridgehead atoms. The Morgan fingerprint density at radius 1 is 1.31 bits per heavy atom. The van der Waals surface area contributed by atoms with Gasteiger partial charge in [0.2, 0.25) is 0 Å². The number of pyridine rings is 1. The van der Waals surface area contributed by atoms with Crippen molar-refractivity contribution in [1.82, 2.24) is 9.88 Å². The minimum absolute atomic E-state index is 0.240. The third-order valence-electron chi connectivity index (χ3n) is 4.71. The zero-order chi connectivity index (χ0) is 19.0. The summed E-state index contributed by atoms with van der Waals surface area (Å²) >= 11 is 0. The van der Waals surface area contributed by atoms with E-state index >= 15 is 0 Å². The number of likely N-dealkylation sites (tertiary alicyclic amines) is 1. The monoisotopic (exact) mass is 368 g/mol. The summed E-state index contributed by atoms with van der Waals surface area (Å²) in [5.41, 5.74) is 0.804. The van der Waals surface area contributed by atoms with Gasteiger partial charge in [0.15, 0.2) is 12.4 Å². The molecule has 10 heteroatoms. The van der Waals surface area contributed by atoms with Gasteiger partial charge in [0, 0.05) is 25.9 Å². The number of carbonyl (C=O) groups is 2. The fourth-order valence-electron chi connectivity index (χ4n) is 3.22. The molecule has 142 valence electrons. The Bertz CT molecular complexity index is 671. The molecule has 2 aliphatic rings. The second kappa shape index (κ2) is 7.25. The molecule has 3 heterocycles. The molecule has 2 fully saturated rings. The van der Waals surface area contributed by atoms with E-state index in [0.717, 1.165) is 5.56 Å². The van der Waals surface area contributed by atoms with Crippen LogP contribution in [-0.4, -0.2) is 86.0 Å². The third kappa shape index (κ3) is 3.29. The number of amides is 1. The van der Waals surface area contributed by atoms with Crippen molar-refractivity contribution >= 4 is 11.9 Å². The highest BCUT2D eigenvalue weighted by Crippen LogP contribution is 2.34. The van der Waals surface area contributed by atoms with Crippen molar-refractivity contribution in [3.8, 4) is 0 Å². The van der Waals surface area contributed by atoms with Crippen LogP contribution in [0.4, 0.5) is 0 Å². The first-order valence-electron chi connectivity index (χ1n) is 8.05. The first kappa shape index (κ1) is 18.7. The number of ether oxygens (including phenoxy) is 2. The highest BCUT2D eigenvalue weighted by atomic mass is 16.7. The number of aliphatic carboxylic acids is 1. The fourth-order valence-corrected chi connectivity index (χ4v) is 3.22. The number of likely N-dealkylation sites (N-methyl/N-ethyl adjacent to an activating group) is 1. The van der Waals surface area contributed by atoms with Crippen molar-refractivity contribution in [3.05, 3.63) is 30.1 Å². The summed E-state index contributed by atoms with van der Waals surface area (Å²) in [7, 11) is 1.60. The molecule has 0 aliphatic carbocycles. The van der Waals surface area contributed by atoms with Crippen LogP contribution in [0.25, 0.3) is 0 Å². The van der Waals surface area contributed by atoms with E-state index in [1.54, 1.807) is 25.5 Å². The van der Waals surface area contributed by atoms with Crippen molar-refractivity contribution in [2.24, 2.45) is 0 Å². The molecule has 4 N–H and O–H groups in total. The highest BCUT2D eigenvalue weighted by molar-refractivity contribution is 5.83. The Kier molecular flexibility index (Phi) is 5.21. The average molecular weight is 368 g/mol. The topological polar surface area (TPSA) is 150 Å². The number of carbonyl (C=O) groups excluding carboxylic acids is 1. The summed E-state index contributed by atoms with van der Waals surface area (Å²) in [6.07, 6.45) is -6.15. The molecule has 0 spiro atoms. The molecule has 1 aromatic rings. The van der Waals surface area contributed by atoms with E-state index in [9.17, 15) is 24.9 Å². The summed E-state index contributed by atoms with van der Waals surface area (Å²) in [5, 5.41) is 38.6. The number of nitrogens with zero attached hydrogens (tertiary/aromatic N) is 2. The quantitative estimate of drug-likeness (QED) is 0.486. The van der Waals surface area contributed by atoms with Crippen molar-refractivity contribution in [3.63, 3.8) is 0 Å². The van der Waals surface area contributed by atoms with Crippen LogP contribution in [0.5, 0.6) is 0 Å². The van der Waals surface area contributed by atoms with Gasteiger partial charge in [-0.05, 0) is 11.6 Å². The number of carboxylic acid groups (broad SMARTS) is 1. The lowest BCUT2D eigenvalue weighted by Gasteiger charge is -2.39. The van der Waals surface area contributed by atoms with Gasteiger partial charge in [0.1, 0.15) is 24.4 Å². The number of rotatable bonds is 4. The molecular weight excluding hydrogens is 348 g/mol. The number of hydrogen-bond donors (Lipinski definition) is 4. The normalized spacial score (nSPS) is 37.8. The van der Waals surface area contributed by atoms with Crippen LogP contribution in [0, 0.1) is 0 Å². The first-order valence-corrected chi connectivity index (χ1v) is 8.05. The second-order valence-electron chi connectivity index (χ2n) is 6.35. The largest absolute Gasteiger partial charge is 0.479 e. The summed E-state index contributed by atoms with van der Waals surface area (Å²) in [5.74, 6) is -1.89. The Balaban J connectivity index is 1.73. The molecule has 2 aliphatic heterocycles. The summed E-state index contributed by atoms with van der Waals surface area (Å²) < 4.78 is 10.5. The van der Waals surface area contributed by atoms with Crippen molar-refractivity contribution in [2.75, 3.05) is 7.05 Å². The van der Waals surface area contributed by atoms with Gasteiger partial charge in [0.05, 0.1) is 6.04 Å². The fraction of sp³-hybridized carbons (Fsp3) is 0.562. The van der Waals surface area contributed by atoms with Crippen molar-refractivity contribution < 1.29 is 39.5 Å². The Labute approximate surface area is 148 Å². The second-order valence-corrected chi connectivity index (χ2v) is 6.35. The summed E-state index contributed by atoms with van der Waals surface area (Å²) in [6, 6.07) is 3.26. The van der Waals surface area contributed by atoms with E-state index in [0.29, 0.717) is 0 Å². The predicted octanol–water partition coefficient (Wildman–Crippen LogP) is -1.74. The van der Waals surface area contributed by atoms with Crippen LogP contribution in [-0.2, 0) is 19.1 Å².